The lowest BCUT2D eigenvalue weighted by Gasteiger charge is -2.40. The van der Waals surface area contributed by atoms with Crippen LogP contribution < -0.4 is 15.2 Å². The van der Waals surface area contributed by atoms with E-state index in [-0.39, 0.29) is 6.04 Å². The predicted octanol–water partition coefficient (Wildman–Crippen LogP) is 3.32. The summed E-state index contributed by atoms with van der Waals surface area (Å²) in [7, 11) is 3.40. The van der Waals surface area contributed by atoms with Gasteiger partial charge < -0.3 is 15.2 Å². The van der Waals surface area contributed by atoms with Gasteiger partial charge in [0.05, 0.1) is 14.2 Å². The standard InChI is InChI=1S/C16H25NO2/c1-16(2)8-7-14(17)13(10-16)12-9-11(18-3)5-6-15(12)19-4/h5-6,9,13-14H,7-8,10,17H2,1-4H3. The van der Waals surface area contributed by atoms with Crippen LogP contribution in [0.3, 0.4) is 0 Å². The second-order valence-corrected chi connectivity index (χ2v) is 6.29. The lowest BCUT2D eigenvalue weighted by atomic mass is 9.68. The summed E-state index contributed by atoms with van der Waals surface area (Å²) < 4.78 is 10.8. The lowest BCUT2D eigenvalue weighted by molar-refractivity contribution is 0.196. The minimum atomic E-state index is 0.203. The quantitative estimate of drug-likeness (QED) is 0.909. The number of hydrogen-bond acceptors (Lipinski definition) is 3. The highest BCUT2D eigenvalue weighted by Gasteiger charge is 2.35. The van der Waals surface area contributed by atoms with E-state index >= 15 is 0 Å². The third kappa shape index (κ3) is 3.03. The van der Waals surface area contributed by atoms with Crippen molar-refractivity contribution in [1.29, 1.82) is 0 Å². The maximum Gasteiger partial charge on any atom is 0.122 e. The van der Waals surface area contributed by atoms with Gasteiger partial charge in [-0.05, 0) is 42.9 Å². The largest absolute Gasteiger partial charge is 0.497 e. The van der Waals surface area contributed by atoms with Gasteiger partial charge in [0.25, 0.3) is 0 Å². The number of hydrogen-bond donors (Lipinski definition) is 1. The summed E-state index contributed by atoms with van der Waals surface area (Å²) in [6.07, 6.45) is 3.35. The molecule has 0 aromatic heterocycles. The highest BCUT2D eigenvalue weighted by molar-refractivity contribution is 5.43. The van der Waals surface area contributed by atoms with Crippen LogP contribution in [0.15, 0.2) is 18.2 Å². The van der Waals surface area contributed by atoms with Gasteiger partial charge in [0.1, 0.15) is 11.5 Å². The minimum absolute atomic E-state index is 0.203. The zero-order valence-electron chi connectivity index (χ0n) is 12.4. The van der Waals surface area contributed by atoms with E-state index in [1.807, 2.05) is 12.1 Å². The van der Waals surface area contributed by atoms with Crippen LogP contribution in [-0.2, 0) is 0 Å². The van der Waals surface area contributed by atoms with E-state index in [0.717, 1.165) is 24.3 Å². The maximum atomic E-state index is 6.35. The van der Waals surface area contributed by atoms with Gasteiger partial charge >= 0.3 is 0 Å². The van der Waals surface area contributed by atoms with Gasteiger partial charge in [-0.3, -0.25) is 0 Å². The van der Waals surface area contributed by atoms with Crippen molar-refractivity contribution in [1.82, 2.24) is 0 Å². The summed E-state index contributed by atoms with van der Waals surface area (Å²) in [6, 6.07) is 6.18. The molecule has 1 aliphatic rings. The second-order valence-electron chi connectivity index (χ2n) is 6.29. The molecule has 106 valence electrons. The first-order valence-electron chi connectivity index (χ1n) is 6.94. The van der Waals surface area contributed by atoms with Crippen molar-refractivity contribution in [2.24, 2.45) is 11.1 Å². The Bertz CT molecular complexity index is 442. The predicted molar refractivity (Wildman–Crippen MR) is 77.9 cm³/mol. The van der Waals surface area contributed by atoms with Gasteiger partial charge in [0, 0.05) is 17.5 Å². The molecule has 3 nitrogen and oxygen atoms in total. The van der Waals surface area contributed by atoms with Gasteiger partial charge in [0.2, 0.25) is 0 Å². The molecule has 19 heavy (non-hydrogen) atoms. The van der Waals surface area contributed by atoms with Crippen molar-refractivity contribution >= 4 is 0 Å². The summed E-state index contributed by atoms with van der Waals surface area (Å²) in [5, 5.41) is 0. The number of ether oxygens (including phenoxy) is 2. The molecule has 1 saturated carbocycles. The second kappa shape index (κ2) is 5.41. The first kappa shape index (κ1) is 14.2. The smallest absolute Gasteiger partial charge is 0.122 e. The molecular formula is C16H25NO2. The van der Waals surface area contributed by atoms with Crippen molar-refractivity contribution in [3.63, 3.8) is 0 Å². The van der Waals surface area contributed by atoms with E-state index in [0.29, 0.717) is 11.3 Å². The van der Waals surface area contributed by atoms with Crippen molar-refractivity contribution in [2.75, 3.05) is 14.2 Å². The molecule has 2 N–H and O–H groups in total. The highest BCUT2D eigenvalue weighted by atomic mass is 16.5. The zero-order chi connectivity index (χ0) is 14.0. The van der Waals surface area contributed by atoms with Crippen LogP contribution in [0.5, 0.6) is 11.5 Å². The van der Waals surface area contributed by atoms with Crippen LogP contribution in [0.2, 0.25) is 0 Å². The fourth-order valence-electron chi connectivity index (χ4n) is 3.08. The Morgan fingerprint density at radius 3 is 2.58 bits per heavy atom. The highest BCUT2D eigenvalue weighted by Crippen LogP contribution is 2.45. The summed E-state index contributed by atoms with van der Waals surface area (Å²) in [6.45, 7) is 4.64. The molecule has 2 atom stereocenters. The molecule has 3 heteroatoms. The normalized spacial score (nSPS) is 25.9. The van der Waals surface area contributed by atoms with Crippen LogP contribution in [0.25, 0.3) is 0 Å². The third-order valence-electron chi connectivity index (χ3n) is 4.28. The molecule has 0 spiro atoms. The van der Waals surface area contributed by atoms with Gasteiger partial charge in [-0.15, -0.1) is 0 Å². The minimum Gasteiger partial charge on any atom is -0.497 e. The first-order valence-corrected chi connectivity index (χ1v) is 6.94. The molecule has 2 rings (SSSR count). The summed E-state index contributed by atoms with van der Waals surface area (Å²) in [5.41, 5.74) is 7.88. The maximum absolute atomic E-state index is 6.35. The molecule has 0 aliphatic heterocycles. The molecule has 0 heterocycles. The molecule has 0 bridgehead atoms. The van der Waals surface area contributed by atoms with E-state index in [4.69, 9.17) is 15.2 Å². The molecule has 1 aromatic rings. The molecule has 1 aliphatic carbocycles. The van der Waals surface area contributed by atoms with Crippen LogP contribution in [0, 0.1) is 5.41 Å². The van der Waals surface area contributed by atoms with E-state index < -0.39 is 0 Å². The van der Waals surface area contributed by atoms with Crippen LogP contribution in [0.4, 0.5) is 0 Å². The Labute approximate surface area is 116 Å². The Morgan fingerprint density at radius 1 is 1.21 bits per heavy atom. The van der Waals surface area contributed by atoms with Gasteiger partial charge in [-0.2, -0.15) is 0 Å². The van der Waals surface area contributed by atoms with Crippen LogP contribution in [0.1, 0.15) is 44.6 Å². The van der Waals surface area contributed by atoms with Crippen molar-refractivity contribution in [3.05, 3.63) is 23.8 Å². The average molecular weight is 263 g/mol. The number of nitrogens with two attached hydrogens (primary N) is 1. The van der Waals surface area contributed by atoms with Crippen LogP contribution in [-0.4, -0.2) is 20.3 Å². The van der Waals surface area contributed by atoms with E-state index in [9.17, 15) is 0 Å². The van der Waals surface area contributed by atoms with E-state index in [1.165, 1.54) is 12.0 Å². The van der Waals surface area contributed by atoms with Crippen LogP contribution >= 0.6 is 0 Å². The monoisotopic (exact) mass is 263 g/mol. The number of methoxy groups -OCH3 is 2. The zero-order valence-corrected chi connectivity index (χ0v) is 12.4. The molecule has 0 amide bonds. The first-order chi connectivity index (χ1) is 8.96. The van der Waals surface area contributed by atoms with E-state index in [2.05, 4.69) is 19.9 Å². The van der Waals surface area contributed by atoms with Crippen molar-refractivity contribution in [3.8, 4) is 11.5 Å². The summed E-state index contributed by atoms with van der Waals surface area (Å²) >= 11 is 0. The fraction of sp³-hybridized carbons (Fsp3) is 0.625. The molecular weight excluding hydrogens is 238 g/mol. The van der Waals surface area contributed by atoms with Gasteiger partial charge in [0.15, 0.2) is 0 Å². The van der Waals surface area contributed by atoms with E-state index in [1.54, 1.807) is 14.2 Å². The molecule has 2 unspecified atom stereocenters. The van der Waals surface area contributed by atoms with Crippen molar-refractivity contribution < 1.29 is 9.47 Å². The Morgan fingerprint density at radius 2 is 1.95 bits per heavy atom. The lowest BCUT2D eigenvalue weighted by Crippen LogP contribution is -2.37. The average Bonchev–Trinajstić information content (AvgIpc) is 2.41. The molecule has 1 fully saturated rings. The summed E-state index contributed by atoms with van der Waals surface area (Å²) in [5.74, 6) is 2.12. The van der Waals surface area contributed by atoms with Gasteiger partial charge in [-0.1, -0.05) is 13.8 Å². The SMILES string of the molecule is COc1ccc(OC)c(C2CC(C)(C)CCC2N)c1. The number of benzene rings is 1. The molecule has 0 radical (unpaired) electrons. The number of rotatable bonds is 3. The Kier molecular flexibility index (Phi) is 4.04. The molecule has 1 aromatic carbocycles. The topological polar surface area (TPSA) is 44.5 Å². The van der Waals surface area contributed by atoms with Gasteiger partial charge in [-0.25, -0.2) is 0 Å². The summed E-state index contributed by atoms with van der Waals surface area (Å²) in [4.78, 5) is 0. The third-order valence-corrected chi connectivity index (χ3v) is 4.28. The Hall–Kier alpha value is -1.22. The van der Waals surface area contributed by atoms with Crippen molar-refractivity contribution in [2.45, 2.75) is 45.1 Å². The Balaban J connectivity index is 2.37. The molecule has 0 saturated heterocycles. The fourth-order valence-corrected chi connectivity index (χ4v) is 3.08.